The Morgan fingerprint density at radius 1 is 1.35 bits per heavy atom. The lowest BCUT2D eigenvalue weighted by atomic mass is 9.90. The van der Waals surface area contributed by atoms with E-state index in [1.54, 1.807) is 27.0 Å². The predicted molar refractivity (Wildman–Crippen MR) is 88.1 cm³/mol. The Kier molecular flexibility index (Phi) is 4.45. The first kappa shape index (κ1) is 17.0. The molecule has 0 spiro atoms. The Morgan fingerprint density at radius 3 is 2.57 bits per heavy atom. The minimum atomic E-state index is -1.08. The number of rotatable bonds is 4. The maximum absolute atomic E-state index is 12.6. The number of nitrogens with one attached hydrogen (secondary N) is 1. The Balaban J connectivity index is 2.56. The molecule has 23 heavy (non-hydrogen) atoms. The molecule has 1 aromatic carbocycles. The highest BCUT2D eigenvalue weighted by molar-refractivity contribution is 5.92. The lowest BCUT2D eigenvalue weighted by Crippen LogP contribution is -2.35. The topological polar surface area (TPSA) is 85.2 Å². The summed E-state index contributed by atoms with van der Waals surface area (Å²) in [5.74, 6) is -1.54. The summed E-state index contributed by atoms with van der Waals surface area (Å²) in [5.41, 5.74) is 1.72. The molecule has 0 fully saturated rings. The minimum Gasteiger partial charge on any atom is -0.459 e. The van der Waals surface area contributed by atoms with E-state index in [1.807, 2.05) is 25.1 Å². The van der Waals surface area contributed by atoms with E-state index in [4.69, 9.17) is 4.74 Å². The first-order valence-corrected chi connectivity index (χ1v) is 7.55. The zero-order chi connectivity index (χ0) is 17.4. The zero-order valence-corrected chi connectivity index (χ0v) is 14.0. The van der Waals surface area contributed by atoms with Crippen LogP contribution in [0.15, 0.2) is 24.4 Å². The van der Waals surface area contributed by atoms with Gasteiger partial charge >= 0.3 is 5.97 Å². The van der Waals surface area contributed by atoms with Crippen LogP contribution in [0.4, 0.5) is 0 Å². The van der Waals surface area contributed by atoms with Crippen molar-refractivity contribution in [1.29, 1.82) is 0 Å². The van der Waals surface area contributed by atoms with Crippen molar-refractivity contribution in [2.45, 2.75) is 52.2 Å². The smallest absolute Gasteiger partial charge is 0.321 e. The van der Waals surface area contributed by atoms with Gasteiger partial charge in [-0.05, 0) is 44.9 Å². The monoisotopic (exact) mass is 318 g/mol. The van der Waals surface area contributed by atoms with Crippen LogP contribution in [0.2, 0.25) is 0 Å². The van der Waals surface area contributed by atoms with Crippen molar-refractivity contribution < 1.29 is 14.5 Å². The van der Waals surface area contributed by atoms with Crippen molar-refractivity contribution in [3.8, 4) is 0 Å². The highest BCUT2D eigenvalue weighted by Gasteiger charge is 2.39. The summed E-state index contributed by atoms with van der Waals surface area (Å²) in [4.78, 5) is 26.6. The van der Waals surface area contributed by atoms with Crippen molar-refractivity contribution in [2.75, 3.05) is 0 Å². The normalized spacial score (nSPS) is 14.5. The molecule has 0 saturated heterocycles. The summed E-state index contributed by atoms with van der Waals surface area (Å²) in [6.45, 7) is 8.60. The number of ether oxygens (including phenoxy) is 1. The number of hydrogen-bond acceptors (Lipinski definition) is 4. The molecule has 2 atom stereocenters. The molecule has 0 aliphatic carbocycles. The van der Waals surface area contributed by atoms with E-state index in [9.17, 15) is 14.9 Å². The van der Waals surface area contributed by atoms with Crippen LogP contribution in [0.1, 0.15) is 44.7 Å². The molecule has 6 nitrogen and oxygen atoms in total. The second-order valence-corrected chi connectivity index (χ2v) is 6.78. The lowest BCUT2D eigenvalue weighted by molar-refractivity contribution is -0.520. The van der Waals surface area contributed by atoms with Crippen LogP contribution in [0.25, 0.3) is 10.9 Å². The van der Waals surface area contributed by atoms with Gasteiger partial charge in [-0.15, -0.1) is 0 Å². The molecule has 1 heterocycles. The van der Waals surface area contributed by atoms with E-state index < -0.39 is 28.5 Å². The second kappa shape index (κ2) is 6.02. The van der Waals surface area contributed by atoms with Crippen molar-refractivity contribution in [3.05, 3.63) is 45.6 Å². The molecule has 0 saturated carbocycles. The number of esters is 1. The van der Waals surface area contributed by atoms with Crippen LogP contribution in [-0.4, -0.2) is 27.5 Å². The summed E-state index contributed by atoms with van der Waals surface area (Å²) in [7, 11) is 0. The first-order valence-electron chi connectivity index (χ1n) is 7.55. The Labute approximate surface area is 135 Å². The quantitative estimate of drug-likeness (QED) is 0.530. The molecule has 124 valence electrons. The summed E-state index contributed by atoms with van der Waals surface area (Å²) >= 11 is 0. The molecule has 2 rings (SSSR count). The van der Waals surface area contributed by atoms with E-state index in [0.29, 0.717) is 5.56 Å². The van der Waals surface area contributed by atoms with Crippen LogP contribution in [0.5, 0.6) is 0 Å². The fraction of sp³-hybridized carbons (Fsp3) is 0.471. The van der Waals surface area contributed by atoms with Crippen LogP contribution >= 0.6 is 0 Å². The van der Waals surface area contributed by atoms with Gasteiger partial charge in [-0.25, -0.2) is 0 Å². The van der Waals surface area contributed by atoms with Gasteiger partial charge in [-0.2, -0.15) is 0 Å². The number of fused-ring (bicyclic) bond motifs is 1. The second-order valence-electron chi connectivity index (χ2n) is 6.78. The predicted octanol–water partition coefficient (Wildman–Crippen LogP) is 3.57. The highest BCUT2D eigenvalue weighted by Crippen LogP contribution is 2.33. The van der Waals surface area contributed by atoms with E-state index in [1.165, 1.54) is 6.92 Å². The van der Waals surface area contributed by atoms with Crippen LogP contribution in [0, 0.1) is 17.0 Å². The Morgan fingerprint density at radius 2 is 2.00 bits per heavy atom. The summed E-state index contributed by atoms with van der Waals surface area (Å²) in [5, 5.41) is 12.2. The number of nitro groups is 1. The number of benzene rings is 1. The van der Waals surface area contributed by atoms with E-state index in [-0.39, 0.29) is 0 Å². The number of aromatic nitrogens is 1. The maximum atomic E-state index is 12.6. The van der Waals surface area contributed by atoms with Gasteiger partial charge in [0.05, 0.1) is 0 Å². The molecular formula is C17H22N2O4. The highest BCUT2D eigenvalue weighted by atomic mass is 16.6. The average Bonchev–Trinajstić information content (AvgIpc) is 2.82. The largest absolute Gasteiger partial charge is 0.459 e. The molecular weight excluding hydrogens is 296 g/mol. The van der Waals surface area contributed by atoms with Gasteiger partial charge in [0, 0.05) is 28.9 Å². The van der Waals surface area contributed by atoms with Crippen molar-refractivity contribution in [1.82, 2.24) is 4.98 Å². The lowest BCUT2D eigenvalue weighted by Gasteiger charge is -2.24. The number of nitrogens with zero attached hydrogens (tertiary/aromatic N) is 1. The molecule has 6 heteroatoms. The molecule has 0 bridgehead atoms. The number of carbonyl (C=O) groups is 1. The summed E-state index contributed by atoms with van der Waals surface area (Å²) < 4.78 is 5.43. The number of aryl methyl sites for hydroxylation is 1. The molecule has 0 unspecified atom stereocenters. The standard InChI is InChI=1S/C17H22N2O4/c1-10-7-6-8-13-14(10)12(9-18-13)15(11(2)19(21)22)16(20)23-17(3,4)5/h6-9,11,15,18H,1-5H3/t11-,15-/m0/s1. The van der Waals surface area contributed by atoms with Gasteiger partial charge in [0.2, 0.25) is 6.04 Å². The van der Waals surface area contributed by atoms with E-state index >= 15 is 0 Å². The molecule has 0 amide bonds. The van der Waals surface area contributed by atoms with Gasteiger partial charge in [-0.1, -0.05) is 12.1 Å². The fourth-order valence-corrected chi connectivity index (χ4v) is 2.71. The number of carbonyl (C=O) groups excluding carboxylic acids is 1. The fourth-order valence-electron chi connectivity index (χ4n) is 2.71. The molecule has 0 aliphatic heterocycles. The van der Waals surface area contributed by atoms with Gasteiger partial charge < -0.3 is 9.72 Å². The van der Waals surface area contributed by atoms with Crippen molar-refractivity contribution >= 4 is 16.9 Å². The number of H-pyrrole nitrogens is 1. The molecule has 0 aliphatic rings. The molecule has 2 aromatic rings. The van der Waals surface area contributed by atoms with Crippen LogP contribution in [0.3, 0.4) is 0 Å². The Bertz CT molecular complexity index is 743. The van der Waals surface area contributed by atoms with Gasteiger partial charge in [0.1, 0.15) is 5.60 Å². The van der Waals surface area contributed by atoms with Gasteiger partial charge in [0.25, 0.3) is 0 Å². The van der Waals surface area contributed by atoms with E-state index in [2.05, 4.69) is 4.98 Å². The number of hydrogen-bond donors (Lipinski definition) is 1. The molecule has 1 N–H and O–H groups in total. The first-order chi connectivity index (χ1) is 10.6. The van der Waals surface area contributed by atoms with Crippen molar-refractivity contribution in [2.24, 2.45) is 0 Å². The summed E-state index contributed by atoms with van der Waals surface area (Å²) in [6.07, 6.45) is 1.67. The zero-order valence-electron chi connectivity index (χ0n) is 14.0. The molecule has 0 radical (unpaired) electrons. The third-order valence-corrected chi connectivity index (χ3v) is 3.76. The van der Waals surface area contributed by atoms with Gasteiger partial charge in [0.15, 0.2) is 5.92 Å². The minimum absolute atomic E-state index is 0.439. The number of aromatic amines is 1. The van der Waals surface area contributed by atoms with E-state index in [0.717, 1.165) is 16.5 Å². The average molecular weight is 318 g/mol. The third kappa shape index (κ3) is 3.52. The van der Waals surface area contributed by atoms with Crippen LogP contribution in [-0.2, 0) is 9.53 Å². The maximum Gasteiger partial charge on any atom is 0.321 e. The van der Waals surface area contributed by atoms with Crippen LogP contribution < -0.4 is 0 Å². The molecule has 1 aromatic heterocycles. The van der Waals surface area contributed by atoms with Crippen molar-refractivity contribution in [3.63, 3.8) is 0 Å². The van der Waals surface area contributed by atoms with Gasteiger partial charge in [-0.3, -0.25) is 14.9 Å². The summed E-state index contributed by atoms with van der Waals surface area (Å²) in [6, 6.07) is 4.62. The Hall–Kier alpha value is -2.37. The SMILES string of the molecule is Cc1cccc2[nH]cc([C@@H](C(=O)OC(C)(C)C)[C@H](C)[N+](=O)[O-])c12. The third-order valence-electron chi connectivity index (χ3n) is 3.76.